The zero-order valence-corrected chi connectivity index (χ0v) is 12.9. The standard InChI is InChI=1S/C17H23NO2/c1-6-18-17(14-7-8-20-13(14)4)15-9-12(3)16(19-5)10-11(15)2/h7-10,17-18H,6H2,1-5H3. The molecule has 1 heterocycles. The lowest BCUT2D eigenvalue weighted by molar-refractivity contribution is 0.411. The first kappa shape index (κ1) is 14.7. The van der Waals surface area contributed by atoms with Crippen LogP contribution in [0.25, 0.3) is 0 Å². The van der Waals surface area contributed by atoms with E-state index in [2.05, 4.69) is 38.2 Å². The highest BCUT2D eigenvalue weighted by Crippen LogP contribution is 2.31. The number of hydrogen-bond acceptors (Lipinski definition) is 3. The quantitative estimate of drug-likeness (QED) is 0.896. The molecule has 0 saturated heterocycles. The summed E-state index contributed by atoms with van der Waals surface area (Å²) in [5.41, 5.74) is 4.84. The fourth-order valence-corrected chi connectivity index (χ4v) is 2.63. The van der Waals surface area contributed by atoms with Crippen LogP contribution in [-0.4, -0.2) is 13.7 Å². The van der Waals surface area contributed by atoms with Gasteiger partial charge in [-0.1, -0.05) is 13.0 Å². The fraction of sp³-hybridized carbons (Fsp3) is 0.412. The Bertz CT molecular complexity index is 587. The highest BCUT2D eigenvalue weighted by atomic mass is 16.5. The summed E-state index contributed by atoms with van der Waals surface area (Å²) in [6.07, 6.45) is 1.75. The van der Waals surface area contributed by atoms with E-state index < -0.39 is 0 Å². The van der Waals surface area contributed by atoms with Gasteiger partial charge in [-0.25, -0.2) is 0 Å². The third kappa shape index (κ3) is 2.73. The number of furan rings is 1. The van der Waals surface area contributed by atoms with E-state index in [0.717, 1.165) is 23.6 Å². The summed E-state index contributed by atoms with van der Waals surface area (Å²) in [5.74, 6) is 1.90. The van der Waals surface area contributed by atoms with E-state index in [9.17, 15) is 0 Å². The van der Waals surface area contributed by atoms with Gasteiger partial charge in [0.05, 0.1) is 19.4 Å². The van der Waals surface area contributed by atoms with Gasteiger partial charge in [-0.05, 0) is 56.1 Å². The zero-order valence-electron chi connectivity index (χ0n) is 12.9. The van der Waals surface area contributed by atoms with Gasteiger partial charge < -0.3 is 14.5 Å². The fourth-order valence-electron chi connectivity index (χ4n) is 2.63. The van der Waals surface area contributed by atoms with Crippen LogP contribution in [0.1, 0.15) is 41.0 Å². The molecule has 1 unspecified atom stereocenters. The van der Waals surface area contributed by atoms with E-state index in [-0.39, 0.29) is 6.04 Å². The first-order valence-corrected chi connectivity index (χ1v) is 7.01. The van der Waals surface area contributed by atoms with Crippen molar-refractivity contribution >= 4 is 0 Å². The van der Waals surface area contributed by atoms with Crippen molar-refractivity contribution in [2.75, 3.05) is 13.7 Å². The van der Waals surface area contributed by atoms with Gasteiger partial charge in [0.1, 0.15) is 11.5 Å². The molecule has 0 spiro atoms. The van der Waals surface area contributed by atoms with Crippen LogP contribution in [0.2, 0.25) is 0 Å². The van der Waals surface area contributed by atoms with E-state index in [1.54, 1.807) is 13.4 Å². The molecule has 1 N–H and O–H groups in total. The summed E-state index contributed by atoms with van der Waals surface area (Å²) >= 11 is 0. The lowest BCUT2D eigenvalue weighted by Crippen LogP contribution is -2.23. The Kier molecular flexibility index (Phi) is 4.50. The monoisotopic (exact) mass is 273 g/mol. The third-order valence-corrected chi connectivity index (χ3v) is 3.71. The van der Waals surface area contributed by atoms with Crippen LogP contribution in [0.5, 0.6) is 5.75 Å². The van der Waals surface area contributed by atoms with Crippen LogP contribution in [0.3, 0.4) is 0 Å². The van der Waals surface area contributed by atoms with Gasteiger partial charge in [-0.3, -0.25) is 0 Å². The summed E-state index contributed by atoms with van der Waals surface area (Å²) < 4.78 is 10.9. The summed E-state index contributed by atoms with van der Waals surface area (Å²) in [6.45, 7) is 9.23. The number of rotatable bonds is 5. The maximum absolute atomic E-state index is 5.46. The second-order valence-corrected chi connectivity index (χ2v) is 5.10. The molecule has 0 aliphatic carbocycles. The average Bonchev–Trinajstić information content (AvgIpc) is 2.84. The molecule has 1 atom stereocenters. The number of hydrogen-bond donors (Lipinski definition) is 1. The number of benzene rings is 1. The van der Waals surface area contributed by atoms with E-state index in [4.69, 9.17) is 9.15 Å². The molecule has 0 radical (unpaired) electrons. The predicted octanol–water partition coefficient (Wildman–Crippen LogP) is 3.91. The van der Waals surface area contributed by atoms with Crippen LogP contribution in [-0.2, 0) is 0 Å². The summed E-state index contributed by atoms with van der Waals surface area (Å²) in [5, 5.41) is 3.55. The summed E-state index contributed by atoms with van der Waals surface area (Å²) in [4.78, 5) is 0. The predicted molar refractivity (Wildman–Crippen MR) is 81.4 cm³/mol. The van der Waals surface area contributed by atoms with Gasteiger partial charge in [0.15, 0.2) is 0 Å². The second kappa shape index (κ2) is 6.14. The van der Waals surface area contributed by atoms with Crippen molar-refractivity contribution < 1.29 is 9.15 Å². The topological polar surface area (TPSA) is 34.4 Å². The number of ether oxygens (including phenoxy) is 1. The Morgan fingerprint density at radius 2 is 1.90 bits per heavy atom. The molecule has 108 valence electrons. The molecule has 0 fully saturated rings. The molecular formula is C17H23NO2. The van der Waals surface area contributed by atoms with Gasteiger partial charge in [0.2, 0.25) is 0 Å². The van der Waals surface area contributed by atoms with Gasteiger partial charge in [-0.15, -0.1) is 0 Å². The first-order chi connectivity index (χ1) is 9.58. The minimum absolute atomic E-state index is 0.156. The number of nitrogens with one attached hydrogen (secondary N) is 1. The van der Waals surface area contributed by atoms with E-state index in [0.29, 0.717) is 0 Å². The van der Waals surface area contributed by atoms with E-state index >= 15 is 0 Å². The van der Waals surface area contributed by atoms with Crippen molar-refractivity contribution in [2.24, 2.45) is 0 Å². The molecule has 1 aromatic carbocycles. The van der Waals surface area contributed by atoms with Crippen molar-refractivity contribution in [1.29, 1.82) is 0 Å². The highest BCUT2D eigenvalue weighted by molar-refractivity contribution is 5.46. The Morgan fingerprint density at radius 3 is 2.45 bits per heavy atom. The maximum Gasteiger partial charge on any atom is 0.122 e. The molecule has 0 aliphatic rings. The van der Waals surface area contributed by atoms with Crippen LogP contribution in [0.15, 0.2) is 28.9 Å². The lowest BCUT2D eigenvalue weighted by atomic mass is 9.93. The van der Waals surface area contributed by atoms with Crippen molar-refractivity contribution in [3.63, 3.8) is 0 Å². The van der Waals surface area contributed by atoms with Crippen molar-refractivity contribution in [2.45, 2.75) is 33.7 Å². The molecule has 0 amide bonds. The molecule has 2 rings (SSSR count). The normalized spacial score (nSPS) is 12.4. The van der Waals surface area contributed by atoms with Crippen LogP contribution >= 0.6 is 0 Å². The molecule has 3 nitrogen and oxygen atoms in total. The van der Waals surface area contributed by atoms with Gasteiger partial charge in [0.25, 0.3) is 0 Å². The van der Waals surface area contributed by atoms with Gasteiger partial charge >= 0.3 is 0 Å². The summed E-state index contributed by atoms with van der Waals surface area (Å²) in [6, 6.07) is 6.50. The van der Waals surface area contributed by atoms with Crippen molar-refractivity contribution in [3.05, 3.63) is 52.5 Å². The summed E-state index contributed by atoms with van der Waals surface area (Å²) in [7, 11) is 1.71. The second-order valence-electron chi connectivity index (χ2n) is 5.10. The zero-order chi connectivity index (χ0) is 14.7. The SMILES string of the molecule is CCNC(c1cc(C)c(OC)cc1C)c1ccoc1C. The molecule has 2 aromatic rings. The number of aryl methyl sites for hydroxylation is 3. The van der Waals surface area contributed by atoms with E-state index in [1.807, 2.05) is 13.0 Å². The average molecular weight is 273 g/mol. The van der Waals surface area contributed by atoms with Gasteiger partial charge in [-0.2, -0.15) is 0 Å². The number of methoxy groups -OCH3 is 1. The minimum Gasteiger partial charge on any atom is -0.496 e. The Hall–Kier alpha value is -1.74. The van der Waals surface area contributed by atoms with Crippen molar-refractivity contribution in [1.82, 2.24) is 5.32 Å². The van der Waals surface area contributed by atoms with Gasteiger partial charge in [0, 0.05) is 5.56 Å². The first-order valence-electron chi connectivity index (χ1n) is 7.01. The minimum atomic E-state index is 0.156. The Balaban J connectivity index is 2.50. The Morgan fingerprint density at radius 1 is 1.15 bits per heavy atom. The largest absolute Gasteiger partial charge is 0.496 e. The van der Waals surface area contributed by atoms with E-state index in [1.165, 1.54) is 16.7 Å². The molecule has 1 aromatic heterocycles. The maximum atomic E-state index is 5.46. The van der Waals surface area contributed by atoms with Crippen molar-refractivity contribution in [3.8, 4) is 5.75 Å². The molecule has 0 aliphatic heterocycles. The molecule has 20 heavy (non-hydrogen) atoms. The molecule has 0 saturated carbocycles. The smallest absolute Gasteiger partial charge is 0.122 e. The van der Waals surface area contributed by atoms with Crippen LogP contribution in [0.4, 0.5) is 0 Å². The third-order valence-electron chi connectivity index (χ3n) is 3.71. The molecule has 0 bridgehead atoms. The lowest BCUT2D eigenvalue weighted by Gasteiger charge is -2.21. The molecular weight excluding hydrogens is 250 g/mol. The Labute approximate surface area is 121 Å². The molecule has 3 heteroatoms. The highest BCUT2D eigenvalue weighted by Gasteiger charge is 2.20. The van der Waals surface area contributed by atoms with Crippen LogP contribution < -0.4 is 10.1 Å². The van der Waals surface area contributed by atoms with Crippen LogP contribution in [0, 0.1) is 20.8 Å².